The summed E-state index contributed by atoms with van der Waals surface area (Å²) in [4.78, 5) is 0. The van der Waals surface area contributed by atoms with Crippen LogP contribution in [0.5, 0.6) is 0 Å². The van der Waals surface area contributed by atoms with Crippen LogP contribution in [0.4, 0.5) is 0 Å². The summed E-state index contributed by atoms with van der Waals surface area (Å²) < 4.78 is 166. The number of rotatable bonds is 13. The van der Waals surface area contributed by atoms with Crippen LogP contribution in [-0.4, -0.2) is 0 Å². The first-order valence-corrected chi connectivity index (χ1v) is 32.6. The van der Waals surface area contributed by atoms with Gasteiger partial charge in [0.2, 0.25) is 28.5 Å². The van der Waals surface area contributed by atoms with E-state index >= 15 is 0 Å². The second-order valence-electron chi connectivity index (χ2n) is 26.3. The van der Waals surface area contributed by atoms with Gasteiger partial charge in [-0.25, -0.2) is 22.8 Å². The number of nitrogens with zero attached hydrogens (tertiary/aromatic N) is 5. The summed E-state index contributed by atoms with van der Waals surface area (Å²) in [6, 6.07) is 46.1. The van der Waals surface area contributed by atoms with Crippen LogP contribution in [0.25, 0.3) is 56.3 Å². The van der Waals surface area contributed by atoms with Gasteiger partial charge in [0.1, 0.15) is 35.2 Å². The molecule has 10 aromatic rings. The molecule has 0 radical (unpaired) electrons. The van der Waals surface area contributed by atoms with Crippen LogP contribution in [0.1, 0.15) is 197 Å². The third-order valence-electron chi connectivity index (χ3n) is 16.3. The molecule has 94 heavy (non-hydrogen) atoms. The van der Waals surface area contributed by atoms with E-state index in [1.807, 2.05) is 294 Å². The third-order valence-corrected chi connectivity index (χ3v) is 16.3. The quantitative estimate of drug-likeness (QED) is 0.103. The zero-order valence-electron chi connectivity index (χ0n) is 80.2. The molecule has 0 bridgehead atoms. The molecule has 0 unspecified atom stereocenters. The molecule has 0 aliphatic carbocycles. The van der Waals surface area contributed by atoms with E-state index < -0.39 is 58.3 Å². The number of aryl methyl sites for hydroxylation is 16. The van der Waals surface area contributed by atoms with Gasteiger partial charge in [0, 0.05) is 114 Å². The summed E-state index contributed by atoms with van der Waals surface area (Å²) in [7, 11) is 9.41. The highest BCUT2D eigenvalue weighted by Gasteiger charge is 2.19. The minimum Gasteiger partial charge on any atom is -0.201 e. The minimum atomic E-state index is -2.13. The van der Waals surface area contributed by atoms with Gasteiger partial charge < -0.3 is 0 Å². The Bertz CT molecular complexity index is 4990. The van der Waals surface area contributed by atoms with Crippen molar-refractivity contribution in [3.8, 4) is 56.3 Å². The van der Waals surface area contributed by atoms with Crippen LogP contribution in [0, 0.1) is 93.6 Å². The van der Waals surface area contributed by atoms with Crippen molar-refractivity contribution in [2.45, 2.75) is 176 Å². The van der Waals surface area contributed by atoms with Crippen LogP contribution in [0.2, 0.25) is 0 Å². The molecule has 5 aromatic heterocycles. The highest BCUT2D eigenvalue weighted by atomic mass is 14.9. The lowest BCUT2D eigenvalue weighted by Gasteiger charge is -2.11. The lowest BCUT2D eigenvalue weighted by Crippen LogP contribution is -2.31. The Kier molecular flexibility index (Phi) is 18.4. The van der Waals surface area contributed by atoms with Crippen molar-refractivity contribution >= 4 is 0 Å². The number of hydrogen-bond acceptors (Lipinski definition) is 0. The Morgan fingerprint density at radius 1 is 0.309 bits per heavy atom. The van der Waals surface area contributed by atoms with Crippen molar-refractivity contribution < 1.29 is 50.3 Å². The monoisotopic (exact) mass is 1280 g/mol. The Hall–Kier alpha value is -8.15. The van der Waals surface area contributed by atoms with Crippen molar-refractivity contribution in [2.75, 3.05) is 0 Å². The topological polar surface area (TPSA) is 19.4 Å². The molecule has 5 heteroatoms. The standard InChI is InChI=1S/C19H26N.2C18H24N.2C17H22N/c1-13(2)9-17-7-8-18(15(4)10-17)19-11-14(3)16(5)12-20(19)6;1-12(2)16-7-8-17(14(4)9-16)18-10-13(3)15(5)11-19(18)6;1-13(2)10-16-7-8-17(15(4)11-16)18-9-6-14(3)12-19(18)5;1-12(2)15-7-8-16(14(4)10-15)17-9-6-13(3)11-18(17)5;1-13(2)11-15-8-9-16(14(3)12-15)17-7-5-6-10-18(17)4/h7-8,10-13H,9H2,1-6H3;7-12H,1-6H3;6-9,11-13H,10H2,1-5H3;6-12H,1-5H3;5-10,12-13H,11H2,1-4H3/q5*+1/i5D3,9D2;5D3,12D;3D3,10D2;3D3,12D;11D2. The molecule has 0 fully saturated rings. The maximum absolute atomic E-state index is 8.27. The van der Waals surface area contributed by atoms with Crippen LogP contribution in [0.15, 0.2) is 177 Å². The average molecular weight is 1280 g/mol. The highest BCUT2D eigenvalue weighted by Crippen LogP contribution is 2.30. The summed E-state index contributed by atoms with van der Waals surface area (Å²) >= 11 is 0. The molecule has 0 aliphatic rings. The molecule has 5 aromatic carbocycles. The predicted octanol–water partition coefficient (Wildman–Crippen LogP) is 20.1. The molecule has 0 spiro atoms. The molecule has 494 valence electrons. The SMILES string of the molecule is [2H]C([2H])([2H])c1c[n+](C)c(-c2ccc(C([2H])(C)C)cc2C)cc1C.[2H]C([2H])([2H])c1c[n+](C)c(-c2ccc(C([2H])([2H])C(C)C)cc2C)cc1C.[2H]C([2H])([2H])c1ccc(-c2ccc(C([2H])(C)C)cc2C)[n+](C)c1.[2H]C([2H])([2H])c1ccc(-c2ccc(C([2H])([2H])C(C)C)cc2C)[n+](C)c1.[2H]C([2H])(c1ccc(-c2cccc[n+]2C)c(C)c1)C(C)C. The van der Waals surface area contributed by atoms with Crippen LogP contribution in [0.3, 0.4) is 0 Å². The Morgan fingerprint density at radius 2 is 0.628 bits per heavy atom. The largest absolute Gasteiger partial charge is 0.212 e. The van der Waals surface area contributed by atoms with Gasteiger partial charge in [-0.15, -0.1) is 0 Å². The molecule has 0 amide bonds. The molecule has 10 rings (SSSR count). The predicted molar refractivity (Wildman–Crippen MR) is 401 cm³/mol. The van der Waals surface area contributed by atoms with Gasteiger partial charge in [0.25, 0.3) is 0 Å². The molecule has 5 nitrogen and oxygen atoms in total. The van der Waals surface area contributed by atoms with E-state index in [1.165, 1.54) is 0 Å². The van der Waals surface area contributed by atoms with E-state index in [9.17, 15) is 0 Å². The van der Waals surface area contributed by atoms with Crippen LogP contribution < -0.4 is 22.8 Å². The molecule has 0 saturated carbocycles. The molecule has 0 aliphatic heterocycles. The number of benzene rings is 5. The van der Waals surface area contributed by atoms with Crippen molar-refractivity contribution in [1.82, 2.24) is 0 Å². The van der Waals surface area contributed by atoms with Gasteiger partial charge in [-0.05, 0) is 240 Å². The van der Waals surface area contributed by atoms with E-state index in [0.29, 0.717) is 33.4 Å². The van der Waals surface area contributed by atoms with Crippen molar-refractivity contribution in [1.29, 1.82) is 0 Å². The summed E-state index contributed by atoms with van der Waals surface area (Å²) in [5, 5.41) is 0. The molecular formula is C89H118N5+5. The van der Waals surface area contributed by atoms with E-state index in [-0.39, 0.29) is 17.8 Å². The lowest BCUT2D eigenvalue weighted by atomic mass is 9.95. The Balaban J connectivity index is 0.000000222. The Morgan fingerprint density at radius 3 is 0.915 bits per heavy atom. The van der Waals surface area contributed by atoms with Gasteiger partial charge in [-0.3, -0.25) is 0 Å². The normalized spacial score (nSPS) is 15.4. The highest BCUT2D eigenvalue weighted by molar-refractivity contribution is 5.66. The van der Waals surface area contributed by atoms with Gasteiger partial charge in [-0.2, -0.15) is 0 Å². The fraction of sp³-hybridized carbons (Fsp3) is 0.382. The van der Waals surface area contributed by atoms with Gasteiger partial charge >= 0.3 is 0 Å². The van der Waals surface area contributed by atoms with E-state index in [0.717, 1.165) is 112 Å². The van der Waals surface area contributed by atoms with Gasteiger partial charge in [0.05, 0.1) is 0 Å². The number of pyridine rings is 5. The maximum atomic E-state index is 8.27. The maximum Gasteiger partial charge on any atom is 0.212 e. The number of aromatic nitrogens is 5. The first-order chi connectivity index (χ1) is 52.0. The molecule has 0 atom stereocenters. The smallest absolute Gasteiger partial charge is 0.201 e. The van der Waals surface area contributed by atoms with Crippen molar-refractivity contribution in [3.63, 3.8) is 0 Å². The van der Waals surface area contributed by atoms with E-state index in [1.54, 1.807) is 47.6 Å². The summed E-state index contributed by atoms with van der Waals surface area (Å²) in [6.45, 7) is 24.0. The summed E-state index contributed by atoms with van der Waals surface area (Å²) in [6.07, 6.45) is 4.62. The minimum absolute atomic E-state index is 0.0411. The Labute approximate surface area is 599 Å². The average Bonchev–Trinajstić information content (AvgIpc) is 0.804. The molecule has 0 N–H and O–H groups in total. The second-order valence-corrected chi connectivity index (χ2v) is 26.3. The number of hydrogen-bond donors (Lipinski definition) is 0. The van der Waals surface area contributed by atoms with Crippen molar-refractivity contribution in [2.24, 2.45) is 53.0 Å². The summed E-state index contributed by atoms with van der Waals surface area (Å²) in [5.41, 5.74) is 22.2. The zero-order valence-corrected chi connectivity index (χ0v) is 60.2. The molecular weight excluding hydrogens is 1140 g/mol. The van der Waals surface area contributed by atoms with E-state index in [4.69, 9.17) is 27.4 Å². The first-order valence-electron chi connectivity index (χ1n) is 42.6. The fourth-order valence-corrected chi connectivity index (χ4v) is 11.3. The fourth-order valence-electron chi connectivity index (χ4n) is 11.3. The van der Waals surface area contributed by atoms with E-state index in [2.05, 4.69) is 10.6 Å². The molecule has 5 heterocycles. The molecule has 0 saturated heterocycles. The van der Waals surface area contributed by atoms with Gasteiger partial charge in [-0.1, -0.05) is 130 Å². The summed E-state index contributed by atoms with van der Waals surface area (Å²) in [5.74, 6) is -1.53. The lowest BCUT2D eigenvalue weighted by molar-refractivity contribution is -0.660. The van der Waals surface area contributed by atoms with Crippen molar-refractivity contribution in [3.05, 3.63) is 266 Å². The van der Waals surface area contributed by atoms with Crippen LogP contribution in [-0.2, 0) is 54.4 Å². The second kappa shape index (κ2) is 34.3. The zero-order chi connectivity index (χ0) is 86.6. The van der Waals surface area contributed by atoms with Gasteiger partial charge in [0.15, 0.2) is 31.0 Å². The third kappa shape index (κ3) is 20.9. The first kappa shape index (κ1) is 50.3. The van der Waals surface area contributed by atoms with Crippen LogP contribution >= 0.6 is 0 Å².